The van der Waals surface area contributed by atoms with Gasteiger partial charge in [0.1, 0.15) is 5.75 Å². The van der Waals surface area contributed by atoms with E-state index >= 15 is 0 Å². The number of aromatic nitrogens is 2. The third kappa shape index (κ3) is 3.07. The number of nitrogens with two attached hydrogens (primary N) is 1. The van der Waals surface area contributed by atoms with Crippen LogP contribution in [0.1, 0.15) is 27.2 Å². The monoisotopic (exact) mass is 405 g/mol. The first-order valence-electron chi connectivity index (χ1n) is 9.95. The number of methoxy groups -OCH3 is 1. The van der Waals surface area contributed by atoms with E-state index in [4.69, 9.17) is 15.2 Å². The van der Waals surface area contributed by atoms with E-state index in [0.29, 0.717) is 37.3 Å². The number of nitrogens with zero attached hydrogens (tertiary/aromatic N) is 1. The van der Waals surface area contributed by atoms with Crippen LogP contribution in [-0.4, -0.2) is 46.9 Å². The largest absolute Gasteiger partial charge is 0.497 e. The van der Waals surface area contributed by atoms with Gasteiger partial charge in [-0.05, 0) is 42.2 Å². The number of fused-ring (bicyclic) bond motifs is 3. The van der Waals surface area contributed by atoms with Crippen LogP contribution in [0.5, 0.6) is 5.75 Å². The van der Waals surface area contributed by atoms with Crippen LogP contribution in [0, 0.1) is 0 Å². The van der Waals surface area contributed by atoms with Gasteiger partial charge in [-0.2, -0.15) is 0 Å². The van der Waals surface area contributed by atoms with Gasteiger partial charge in [0.25, 0.3) is 0 Å². The minimum atomic E-state index is -0.920. The van der Waals surface area contributed by atoms with Crippen molar-refractivity contribution in [2.75, 3.05) is 20.3 Å². The molecule has 0 bridgehead atoms. The molecule has 1 aliphatic carbocycles. The number of benzene rings is 1. The van der Waals surface area contributed by atoms with Gasteiger partial charge in [-0.1, -0.05) is 12.1 Å². The van der Waals surface area contributed by atoms with E-state index < -0.39 is 11.5 Å². The average Bonchev–Trinajstić information content (AvgIpc) is 3.10. The predicted octanol–water partition coefficient (Wildman–Crippen LogP) is 2.82. The summed E-state index contributed by atoms with van der Waals surface area (Å²) in [7, 11) is 1.64. The van der Waals surface area contributed by atoms with Crippen molar-refractivity contribution in [3.05, 3.63) is 58.9 Å². The summed E-state index contributed by atoms with van der Waals surface area (Å²) in [4.78, 5) is 20.1. The number of carboxylic acid groups (broad SMARTS) is 1. The summed E-state index contributed by atoms with van der Waals surface area (Å²) < 4.78 is 10.6. The maximum Gasteiger partial charge on any atom is 0.337 e. The number of carboxylic acids is 1. The Morgan fingerprint density at radius 3 is 2.87 bits per heavy atom. The molecule has 2 aromatic heterocycles. The minimum absolute atomic E-state index is 0.354. The standard InChI is InChI=1S/C23H23N3O4/c1-29-15-4-2-3-13(7-15)18-8-17-14(10-25-18)5-6-16-20(22(27)28)19(26-21(16)17)9-23(24)11-30-12-23/h2-4,7-8,10,26H,5-6,9,11-12,24H2,1H3,(H,27,28). The fourth-order valence-electron chi connectivity index (χ4n) is 4.40. The van der Waals surface area contributed by atoms with Gasteiger partial charge in [0.2, 0.25) is 0 Å². The van der Waals surface area contributed by atoms with E-state index in [1.54, 1.807) is 7.11 Å². The molecule has 0 saturated carbocycles. The number of ether oxygens (including phenoxy) is 2. The Hall–Kier alpha value is -3.16. The first-order chi connectivity index (χ1) is 14.5. The molecule has 0 atom stereocenters. The predicted molar refractivity (Wildman–Crippen MR) is 112 cm³/mol. The summed E-state index contributed by atoms with van der Waals surface area (Å²) in [6.07, 6.45) is 3.75. The molecular formula is C23H23N3O4. The van der Waals surface area contributed by atoms with Crippen LogP contribution in [0.2, 0.25) is 0 Å². The van der Waals surface area contributed by atoms with Crippen molar-refractivity contribution in [1.29, 1.82) is 0 Å². The summed E-state index contributed by atoms with van der Waals surface area (Å²) >= 11 is 0. The van der Waals surface area contributed by atoms with Gasteiger partial charge in [0.05, 0.1) is 42.8 Å². The number of aromatic amines is 1. The third-order valence-corrected chi connectivity index (χ3v) is 5.97. The lowest BCUT2D eigenvalue weighted by Crippen LogP contribution is -2.59. The van der Waals surface area contributed by atoms with Crippen molar-refractivity contribution in [2.24, 2.45) is 5.73 Å². The second-order valence-electron chi connectivity index (χ2n) is 8.13. The maximum absolute atomic E-state index is 12.1. The Morgan fingerprint density at radius 1 is 1.33 bits per heavy atom. The smallest absolute Gasteiger partial charge is 0.337 e. The third-order valence-electron chi connectivity index (χ3n) is 5.97. The van der Waals surface area contributed by atoms with E-state index in [9.17, 15) is 9.90 Å². The molecule has 0 radical (unpaired) electrons. The Kier molecular flexibility index (Phi) is 4.38. The molecule has 1 aromatic carbocycles. The van der Waals surface area contributed by atoms with Gasteiger partial charge in [0.15, 0.2) is 0 Å². The Balaban J connectivity index is 1.61. The lowest BCUT2D eigenvalue weighted by Gasteiger charge is -2.37. The summed E-state index contributed by atoms with van der Waals surface area (Å²) in [5.74, 6) is -0.157. The van der Waals surface area contributed by atoms with Gasteiger partial charge in [-0.15, -0.1) is 0 Å². The van der Waals surface area contributed by atoms with Crippen molar-refractivity contribution < 1.29 is 19.4 Å². The number of pyridine rings is 1. The maximum atomic E-state index is 12.1. The number of aromatic carboxylic acids is 1. The molecular weight excluding hydrogens is 382 g/mol. The topological polar surface area (TPSA) is 110 Å². The van der Waals surface area contributed by atoms with Crippen LogP contribution in [-0.2, 0) is 24.0 Å². The molecule has 4 N–H and O–H groups in total. The first kappa shape index (κ1) is 18.8. The zero-order valence-corrected chi connectivity index (χ0v) is 16.7. The van der Waals surface area contributed by atoms with Crippen molar-refractivity contribution in [3.63, 3.8) is 0 Å². The molecule has 154 valence electrons. The quantitative estimate of drug-likeness (QED) is 0.602. The number of hydrogen-bond acceptors (Lipinski definition) is 5. The molecule has 3 aromatic rings. The van der Waals surface area contributed by atoms with E-state index in [1.807, 2.05) is 36.5 Å². The van der Waals surface area contributed by atoms with Gasteiger partial charge >= 0.3 is 5.97 Å². The van der Waals surface area contributed by atoms with E-state index in [1.165, 1.54) is 0 Å². The zero-order valence-electron chi connectivity index (χ0n) is 16.7. The molecule has 0 spiro atoms. The second-order valence-corrected chi connectivity index (χ2v) is 8.13. The Labute approximate surface area is 173 Å². The zero-order chi connectivity index (χ0) is 20.9. The number of H-pyrrole nitrogens is 1. The molecule has 3 heterocycles. The lowest BCUT2D eigenvalue weighted by molar-refractivity contribution is -0.0533. The van der Waals surface area contributed by atoms with Crippen molar-refractivity contribution >= 4 is 5.97 Å². The van der Waals surface area contributed by atoms with E-state index in [-0.39, 0.29) is 0 Å². The highest BCUT2D eigenvalue weighted by Crippen LogP contribution is 2.39. The van der Waals surface area contributed by atoms with Crippen LogP contribution in [0.3, 0.4) is 0 Å². The normalized spacial score (nSPS) is 16.3. The summed E-state index contributed by atoms with van der Waals surface area (Å²) in [6.45, 7) is 0.881. The number of carbonyl (C=O) groups is 1. The van der Waals surface area contributed by atoms with Gasteiger partial charge in [-0.3, -0.25) is 4.98 Å². The number of nitrogens with one attached hydrogen (secondary N) is 1. The number of aryl methyl sites for hydroxylation is 1. The van der Waals surface area contributed by atoms with E-state index in [0.717, 1.165) is 45.8 Å². The van der Waals surface area contributed by atoms with Crippen LogP contribution < -0.4 is 10.5 Å². The molecule has 7 nitrogen and oxygen atoms in total. The first-order valence-corrected chi connectivity index (χ1v) is 9.95. The van der Waals surface area contributed by atoms with Gasteiger partial charge < -0.3 is 25.3 Å². The lowest BCUT2D eigenvalue weighted by atomic mass is 9.87. The fraction of sp³-hybridized carbons (Fsp3) is 0.304. The number of rotatable bonds is 5. The van der Waals surface area contributed by atoms with Gasteiger partial charge in [-0.25, -0.2) is 4.79 Å². The van der Waals surface area contributed by atoms with Crippen molar-refractivity contribution in [3.8, 4) is 28.3 Å². The molecule has 5 rings (SSSR count). The van der Waals surface area contributed by atoms with Gasteiger partial charge in [0, 0.05) is 29.4 Å². The van der Waals surface area contributed by atoms with Crippen LogP contribution in [0.4, 0.5) is 0 Å². The highest BCUT2D eigenvalue weighted by atomic mass is 16.5. The SMILES string of the molecule is COc1cccc(-c2cc3c(cn2)CCc2c-3[nH]c(CC3(N)COC3)c2C(=O)O)c1. The summed E-state index contributed by atoms with van der Waals surface area (Å²) in [5.41, 5.74) is 12.4. The molecule has 1 saturated heterocycles. The van der Waals surface area contributed by atoms with Crippen molar-refractivity contribution in [2.45, 2.75) is 24.8 Å². The second kappa shape index (κ2) is 6.97. The average molecular weight is 405 g/mol. The molecule has 0 unspecified atom stereocenters. The minimum Gasteiger partial charge on any atom is -0.497 e. The molecule has 7 heteroatoms. The molecule has 30 heavy (non-hydrogen) atoms. The number of hydrogen-bond donors (Lipinski definition) is 3. The summed E-state index contributed by atoms with van der Waals surface area (Å²) in [5, 5.41) is 9.92. The highest BCUT2D eigenvalue weighted by molar-refractivity contribution is 5.95. The molecule has 1 fully saturated rings. The van der Waals surface area contributed by atoms with Crippen LogP contribution in [0.15, 0.2) is 36.5 Å². The van der Waals surface area contributed by atoms with E-state index in [2.05, 4.69) is 9.97 Å². The van der Waals surface area contributed by atoms with Crippen LogP contribution >= 0.6 is 0 Å². The Bertz CT molecular complexity index is 1150. The molecule has 0 amide bonds. The van der Waals surface area contributed by atoms with Crippen LogP contribution in [0.25, 0.3) is 22.5 Å². The Morgan fingerprint density at radius 2 is 2.17 bits per heavy atom. The fourth-order valence-corrected chi connectivity index (χ4v) is 4.40. The summed E-state index contributed by atoms with van der Waals surface area (Å²) in [6, 6.07) is 9.77. The van der Waals surface area contributed by atoms with Crippen molar-refractivity contribution in [1.82, 2.24) is 9.97 Å². The molecule has 2 aliphatic rings. The highest BCUT2D eigenvalue weighted by Gasteiger charge is 2.38. The molecule has 1 aliphatic heterocycles.